The van der Waals surface area contributed by atoms with E-state index in [1.807, 2.05) is 32.6 Å². The number of morpholine rings is 1. The van der Waals surface area contributed by atoms with E-state index in [4.69, 9.17) is 10.5 Å². The van der Waals surface area contributed by atoms with Gasteiger partial charge in [-0.1, -0.05) is 6.92 Å². The van der Waals surface area contributed by atoms with Crippen molar-refractivity contribution >= 4 is 5.91 Å². The largest absolute Gasteiger partial charge is 0.366 e. The van der Waals surface area contributed by atoms with Crippen molar-refractivity contribution in [3.63, 3.8) is 0 Å². The Bertz CT molecular complexity index is 297. The Morgan fingerprint density at radius 1 is 1.21 bits per heavy atom. The molecule has 1 atom stereocenters. The molecule has 1 unspecified atom stereocenters. The fourth-order valence-electron chi connectivity index (χ4n) is 2.92. The molecule has 0 saturated carbocycles. The number of carbonyl (C=O) groups is 1. The molecule has 1 aliphatic heterocycles. The first kappa shape index (κ1) is 16.4. The van der Waals surface area contributed by atoms with Crippen LogP contribution in [0, 0.1) is 5.92 Å². The summed E-state index contributed by atoms with van der Waals surface area (Å²) in [6.07, 6.45) is 2.54. The first-order valence-corrected chi connectivity index (χ1v) is 7.33. The molecule has 0 aliphatic carbocycles. The molecule has 0 aromatic carbocycles. The van der Waals surface area contributed by atoms with Gasteiger partial charge in [0.1, 0.15) is 0 Å². The Labute approximate surface area is 117 Å². The lowest BCUT2D eigenvalue weighted by Gasteiger charge is -2.47. The number of nitrogens with zero attached hydrogens (tertiary/aromatic N) is 1. The molecule has 0 aromatic rings. The number of hydrogen-bond acceptors (Lipinski definition) is 3. The van der Waals surface area contributed by atoms with Crippen LogP contribution in [0.2, 0.25) is 0 Å². The van der Waals surface area contributed by atoms with Gasteiger partial charge in [0.2, 0.25) is 5.91 Å². The van der Waals surface area contributed by atoms with Gasteiger partial charge in [0.15, 0.2) is 0 Å². The summed E-state index contributed by atoms with van der Waals surface area (Å²) < 4.78 is 6.00. The van der Waals surface area contributed by atoms with Gasteiger partial charge in [-0.3, -0.25) is 4.79 Å². The highest BCUT2D eigenvalue weighted by Gasteiger charge is 2.39. The second-order valence-electron chi connectivity index (χ2n) is 7.09. The van der Waals surface area contributed by atoms with Crippen LogP contribution in [0.1, 0.15) is 53.9 Å². The molecule has 0 bridgehead atoms. The molecule has 1 saturated heterocycles. The highest BCUT2D eigenvalue weighted by atomic mass is 16.5. The molecule has 112 valence electrons. The first-order chi connectivity index (χ1) is 8.65. The van der Waals surface area contributed by atoms with Crippen molar-refractivity contribution in [1.29, 1.82) is 0 Å². The SMILES string of the molecule is CC(CCN)CCC(=O)N1CC(C)(C)OC(C)(C)C1. The number of rotatable bonds is 5. The van der Waals surface area contributed by atoms with E-state index in [9.17, 15) is 4.79 Å². The summed E-state index contributed by atoms with van der Waals surface area (Å²) in [6.45, 7) is 12.4. The minimum absolute atomic E-state index is 0.244. The van der Waals surface area contributed by atoms with Crippen LogP contribution in [0.4, 0.5) is 0 Å². The third-order valence-electron chi connectivity index (χ3n) is 3.56. The third-order valence-corrected chi connectivity index (χ3v) is 3.56. The summed E-state index contributed by atoms with van der Waals surface area (Å²) in [4.78, 5) is 14.3. The normalized spacial score (nSPS) is 23.2. The van der Waals surface area contributed by atoms with Gasteiger partial charge < -0.3 is 15.4 Å². The van der Waals surface area contributed by atoms with Gasteiger partial charge in [-0.05, 0) is 53.0 Å². The lowest BCUT2D eigenvalue weighted by Crippen LogP contribution is -2.58. The average molecular weight is 270 g/mol. The molecule has 1 rings (SSSR count). The van der Waals surface area contributed by atoms with Crippen LogP contribution < -0.4 is 5.73 Å². The molecular weight excluding hydrogens is 240 g/mol. The fraction of sp³-hybridized carbons (Fsp3) is 0.933. The molecule has 19 heavy (non-hydrogen) atoms. The second-order valence-corrected chi connectivity index (χ2v) is 7.09. The molecule has 1 amide bonds. The van der Waals surface area contributed by atoms with E-state index >= 15 is 0 Å². The number of amides is 1. The first-order valence-electron chi connectivity index (χ1n) is 7.33. The van der Waals surface area contributed by atoms with E-state index in [0.717, 1.165) is 12.8 Å². The number of nitrogens with two attached hydrogens (primary N) is 1. The van der Waals surface area contributed by atoms with Crippen LogP contribution in [-0.4, -0.2) is 41.6 Å². The number of hydrogen-bond donors (Lipinski definition) is 1. The van der Waals surface area contributed by atoms with E-state index < -0.39 is 0 Å². The van der Waals surface area contributed by atoms with Crippen LogP contribution in [0.15, 0.2) is 0 Å². The summed E-state index contributed by atoms with van der Waals surface area (Å²) in [5, 5.41) is 0. The van der Waals surface area contributed by atoms with Crippen molar-refractivity contribution in [2.24, 2.45) is 11.7 Å². The molecule has 0 aromatic heterocycles. The Morgan fingerprint density at radius 2 is 1.74 bits per heavy atom. The molecule has 2 N–H and O–H groups in total. The number of carbonyl (C=O) groups excluding carboxylic acids is 1. The molecular formula is C15H30N2O2. The van der Waals surface area contributed by atoms with Crippen molar-refractivity contribution in [2.45, 2.75) is 65.1 Å². The maximum absolute atomic E-state index is 12.3. The van der Waals surface area contributed by atoms with E-state index in [1.54, 1.807) is 0 Å². The molecule has 1 fully saturated rings. The predicted molar refractivity (Wildman–Crippen MR) is 77.9 cm³/mol. The second kappa shape index (κ2) is 6.23. The van der Waals surface area contributed by atoms with Gasteiger partial charge in [0.05, 0.1) is 11.2 Å². The van der Waals surface area contributed by atoms with Crippen molar-refractivity contribution in [3.05, 3.63) is 0 Å². The third kappa shape index (κ3) is 5.49. The van der Waals surface area contributed by atoms with E-state index in [2.05, 4.69) is 6.92 Å². The molecule has 0 spiro atoms. The Balaban J connectivity index is 2.52. The topological polar surface area (TPSA) is 55.6 Å². The van der Waals surface area contributed by atoms with Gasteiger partial charge in [0, 0.05) is 19.5 Å². The maximum Gasteiger partial charge on any atom is 0.222 e. The quantitative estimate of drug-likeness (QED) is 0.833. The smallest absolute Gasteiger partial charge is 0.222 e. The van der Waals surface area contributed by atoms with Crippen LogP contribution in [0.3, 0.4) is 0 Å². The van der Waals surface area contributed by atoms with Crippen molar-refractivity contribution < 1.29 is 9.53 Å². The zero-order valence-electron chi connectivity index (χ0n) is 13.2. The van der Waals surface area contributed by atoms with E-state index in [0.29, 0.717) is 32.0 Å². The van der Waals surface area contributed by atoms with Gasteiger partial charge >= 0.3 is 0 Å². The standard InChI is InChI=1S/C15H30N2O2/c1-12(8-9-16)6-7-13(18)17-10-14(2,3)19-15(4,5)11-17/h12H,6-11,16H2,1-5H3. The predicted octanol–water partition coefficient (Wildman–Crippen LogP) is 2.17. The van der Waals surface area contributed by atoms with Crippen LogP contribution >= 0.6 is 0 Å². The van der Waals surface area contributed by atoms with Gasteiger partial charge in [0.25, 0.3) is 0 Å². The van der Waals surface area contributed by atoms with Gasteiger partial charge in [-0.15, -0.1) is 0 Å². The molecule has 4 nitrogen and oxygen atoms in total. The van der Waals surface area contributed by atoms with Crippen LogP contribution in [0.5, 0.6) is 0 Å². The van der Waals surface area contributed by atoms with E-state index in [-0.39, 0.29) is 17.1 Å². The number of ether oxygens (including phenoxy) is 1. The highest BCUT2D eigenvalue weighted by molar-refractivity contribution is 5.76. The average Bonchev–Trinajstić information content (AvgIpc) is 2.22. The fourth-order valence-corrected chi connectivity index (χ4v) is 2.92. The van der Waals surface area contributed by atoms with E-state index in [1.165, 1.54) is 0 Å². The Hall–Kier alpha value is -0.610. The monoisotopic (exact) mass is 270 g/mol. The summed E-state index contributed by atoms with van der Waals surface area (Å²) in [6, 6.07) is 0. The van der Waals surface area contributed by atoms with Gasteiger partial charge in [-0.2, -0.15) is 0 Å². The zero-order valence-corrected chi connectivity index (χ0v) is 13.2. The molecule has 4 heteroatoms. The summed E-state index contributed by atoms with van der Waals surface area (Å²) >= 11 is 0. The Morgan fingerprint density at radius 3 is 2.21 bits per heavy atom. The summed E-state index contributed by atoms with van der Waals surface area (Å²) in [5.74, 6) is 0.768. The summed E-state index contributed by atoms with van der Waals surface area (Å²) in [7, 11) is 0. The lowest BCUT2D eigenvalue weighted by molar-refractivity contribution is -0.188. The van der Waals surface area contributed by atoms with Crippen molar-refractivity contribution in [2.75, 3.05) is 19.6 Å². The molecule has 0 radical (unpaired) electrons. The highest BCUT2D eigenvalue weighted by Crippen LogP contribution is 2.28. The molecule has 1 heterocycles. The minimum atomic E-state index is -0.264. The van der Waals surface area contributed by atoms with Crippen molar-refractivity contribution in [1.82, 2.24) is 4.90 Å². The van der Waals surface area contributed by atoms with Crippen molar-refractivity contribution in [3.8, 4) is 0 Å². The lowest BCUT2D eigenvalue weighted by atomic mass is 9.97. The van der Waals surface area contributed by atoms with Gasteiger partial charge in [-0.25, -0.2) is 0 Å². The minimum Gasteiger partial charge on any atom is -0.366 e. The zero-order chi connectivity index (χ0) is 14.7. The molecule has 1 aliphatic rings. The summed E-state index contributed by atoms with van der Waals surface area (Å²) in [5.41, 5.74) is 5.01. The van der Waals surface area contributed by atoms with Crippen LogP contribution in [-0.2, 0) is 9.53 Å². The maximum atomic E-state index is 12.3. The Kier molecular flexibility index (Phi) is 5.39. The van der Waals surface area contributed by atoms with Crippen LogP contribution in [0.25, 0.3) is 0 Å².